The number of fused-ring (bicyclic) bond motifs is 3. The minimum atomic E-state index is 0.0813. The fourth-order valence-electron chi connectivity index (χ4n) is 4.14. The van der Waals surface area contributed by atoms with Gasteiger partial charge in [-0.1, -0.05) is 60.7 Å². The van der Waals surface area contributed by atoms with Crippen molar-refractivity contribution in [3.63, 3.8) is 0 Å². The van der Waals surface area contributed by atoms with Crippen molar-refractivity contribution >= 4 is 28.3 Å². The minimum absolute atomic E-state index is 0.0813. The molecule has 0 fully saturated rings. The van der Waals surface area contributed by atoms with Gasteiger partial charge in [0, 0.05) is 21.2 Å². The van der Waals surface area contributed by atoms with E-state index in [2.05, 4.69) is 109 Å². The number of halogens is 1. The molecule has 6 heteroatoms. The van der Waals surface area contributed by atoms with E-state index in [1.54, 1.807) is 0 Å². The van der Waals surface area contributed by atoms with E-state index in [-0.39, 0.29) is 5.92 Å². The zero-order valence-corrected chi connectivity index (χ0v) is 19.3. The van der Waals surface area contributed by atoms with Crippen LogP contribution in [0.25, 0.3) is 5.69 Å². The second-order valence-electron chi connectivity index (χ2n) is 7.52. The normalized spacial score (nSPS) is 13.7. The van der Waals surface area contributed by atoms with Crippen molar-refractivity contribution in [1.82, 2.24) is 20.1 Å². The van der Waals surface area contributed by atoms with E-state index in [0.29, 0.717) is 6.54 Å². The summed E-state index contributed by atoms with van der Waals surface area (Å²) in [6.45, 7) is 1.26. The van der Waals surface area contributed by atoms with Crippen LogP contribution in [0.15, 0.2) is 83.9 Å². The van der Waals surface area contributed by atoms with Gasteiger partial charge < -0.3 is 5.32 Å². The molecule has 1 aromatic heterocycles. The van der Waals surface area contributed by atoms with E-state index in [0.717, 1.165) is 40.7 Å². The average Bonchev–Trinajstić information content (AvgIpc) is 3.15. The van der Waals surface area contributed by atoms with Gasteiger partial charge in [0.2, 0.25) is 0 Å². The molecule has 0 saturated carbocycles. The van der Waals surface area contributed by atoms with Gasteiger partial charge in [-0.15, -0.1) is 10.2 Å². The van der Waals surface area contributed by atoms with E-state index in [9.17, 15) is 0 Å². The first-order valence-corrected chi connectivity index (χ1v) is 11.4. The van der Waals surface area contributed by atoms with Gasteiger partial charge in [-0.25, -0.2) is 0 Å². The van der Waals surface area contributed by atoms with Gasteiger partial charge in [0.05, 0.1) is 17.3 Å². The van der Waals surface area contributed by atoms with Crippen LogP contribution in [0.3, 0.4) is 0 Å². The smallest absolute Gasteiger partial charge is 0.159 e. The Bertz CT molecular complexity index is 1230. The van der Waals surface area contributed by atoms with Crippen molar-refractivity contribution in [2.24, 2.45) is 4.99 Å². The van der Waals surface area contributed by atoms with Crippen molar-refractivity contribution in [3.05, 3.63) is 111 Å². The molecule has 2 heterocycles. The van der Waals surface area contributed by atoms with Crippen LogP contribution in [0.5, 0.6) is 0 Å². The summed E-state index contributed by atoms with van der Waals surface area (Å²) >= 11 is 2.37. The standard InChI is InChI=1S/C25H22IN5/c1-27-15-21(17-8-4-2-5-9-17)25-30-29-23-16-28-24(18-10-6-3-7-11-18)20-14-19(26)12-13-22(20)31(23)25/h2-14,21,27H,15-16H2,1H3. The molecule has 1 aliphatic rings. The van der Waals surface area contributed by atoms with Gasteiger partial charge in [0.25, 0.3) is 0 Å². The number of aliphatic imine (C=N–C) groups is 1. The molecule has 31 heavy (non-hydrogen) atoms. The summed E-state index contributed by atoms with van der Waals surface area (Å²) in [6.07, 6.45) is 0. The number of nitrogens with one attached hydrogen (secondary N) is 1. The molecule has 5 nitrogen and oxygen atoms in total. The van der Waals surface area contributed by atoms with Crippen molar-refractivity contribution < 1.29 is 0 Å². The van der Waals surface area contributed by atoms with E-state index in [1.807, 2.05) is 19.2 Å². The fraction of sp³-hybridized carbons (Fsp3) is 0.160. The van der Waals surface area contributed by atoms with E-state index < -0.39 is 0 Å². The van der Waals surface area contributed by atoms with Crippen molar-refractivity contribution in [3.8, 4) is 5.69 Å². The van der Waals surface area contributed by atoms with Gasteiger partial charge in [0.1, 0.15) is 12.4 Å². The van der Waals surface area contributed by atoms with Crippen LogP contribution >= 0.6 is 22.6 Å². The molecule has 0 aliphatic carbocycles. The molecule has 3 aromatic carbocycles. The van der Waals surface area contributed by atoms with Crippen LogP contribution in [-0.2, 0) is 6.54 Å². The van der Waals surface area contributed by atoms with Crippen LogP contribution < -0.4 is 5.32 Å². The lowest BCUT2D eigenvalue weighted by molar-refractivity contribution is 0.655. The van der Waals surface area contributed by atoms with Crippen LogP contribution in [-0.4, -0.2) is 34.1 Å². The second kappa shape index (κ2) is 8.72. The molecular formula is C25H22IN5. The van der Waals surface area contributed by atoms with Gasteiger partial charge >= 0.3 is 0 Å². The maximum atomic E-state index is 4.98. The maximum absolute atomic E-state index is 4.98. The lowest BCUT2D eigenvalue weighted by Crippen LogP contribution is -2.22. The Morgan fingerprint density at radius 1 is 0.968 bits per heavy atom. The highest BCUT2D eigenvalue weighted by molar-refractivity contribution is 14.1. The highest BCUT2D eigenvalue weighted by atomic mass is 127. The minimum Gasteiger partial charge on any atom is -0.319 e. The van der Waals surface area contributed by atoms with Crippen molar-refractivity contribution in [2.45, 2.75) is 12.5 Å². The summed E-state index contributed by atoms with van der Waals surface area (Å²) in [6, 6.07) is 27.4. The number of aromatic nitrogens is 3. The molecule has 0 spiro atoms. The molecule has 1 unspecified atom stereocenters. The monoisotopic (exact) mass is 519 g/mol. The summed E-state index contributed by atoms with van der Waals surface area (Å²) < 4.78 is 3.38. The van der Waals surface area contributed by atoms with Crippen LogP contribution in [0.2, 0.25) is 0 Å². The highest BCUT2D eigenvalue weighted by Gasteiger charge is 2.27. The zero-order chi connectivity index (χ0) is 21.2. The Hall–Kier alpha value is -2.84. The van der Waals surface area contributed by atoms with E-state index in [4.69, 9.17) is 4.99 Å². The number of hydrogen-bond donors (Lipinski definition) is 1. The van der Waals surface area contributed by atoms with Crippen LogP contribution in [0.1, 0.15) is 34.3 Å². The number of benzene rings is 3. The lowest BCUT2D eigenvalue weighted by atomic mass is 9.97. The first-order valence-electron chi connectivity index (χ1n) is 10.3. The topological polar surface area (TPSA) is 55.1 Å². The van der Waals surface area contributed by atoms with Gasteiger partial charge in [-0.05, 0) is 53.4 Å². The third kappa shape index (κ3) is 3.81. The largest absolute Gasteiger partial charge is 0.319 e. The third-order valence-electron chi connectivity index (χ3n) is 5.56. The molecule has 1 aliphatic heterocycles. The average molecular weight is 519 g/mol. The number of nitrogens with zero attached hydrogens (tertiary/aromatic N) is 4. The predicted octanol–water partition coefficient (Wildman–Crippen LogP) is 4.57. The Balaban J connectivity index is 1.71. The summed E-state index contributed by atoms with van der Waals surface area (Å²) in [5.74, 6) is 1.88. The maximum Gasteiger partial charge on any atom is 0.159 e. The van der Waals surface area contributed by atoms with Gasteiger partial charge in [-0.2, -0.15) is 0 Å². The predicted molar refractivity (Wildman–Crippen MR) is 132 cm³/mol. The summed E-state index contributed by atoms with van der Waals surface area (Å²) in [5.41, 5.74) is 5.51. The summed E-state index contributed by atoms with van der Waals surface area (Å²) in [5, 5.41) is 12.6. The molecule has 154 valence electrons. The number of hydrogen-bond acceptors (Lipinski definition) is 4. The van der Waals surface area contributed by atoms with E-state index >= 15 is 0 Å². The van der Waals surface area contributed by atoms with E-state index in [1.165, 1.54) is 9.13 Å². The molecule has 0 saturated heterocycles. The SMILES string of the molecule is CNCC(c1ccccc1)c1nnc2n1-c1ccc(I)cc1C(c1ccccc1)=NC2. The Labute approximate surface area is 195 Å². The quantitative estimate of drug-likeness (QED) is 0.393. The van der Waals surface area contributed by atoms with Crippen LogP contribution in [0, 0.1) is 3.57 Å². The number of rotatable bonds is 5. The highest BCUT2D eigenvalue weighted by Crippen LogP contribution is 2.31. The summed E-state index contributed by atoms with van der Waals surface area (Å²) in [7, 11) is 1.97. The fourth-order valence-corrected chi connectivity index (χ4v) is 4.63. The van der Waals surface area contributed by atoms with Crippen LogP contribution in [0.4, 0.5) is 0 Å². The first kappa shape index (κ1) is 20.1. The molecule has 0 amide bonds. The molecule has 5 rings (SSSR count). The van der Waals surface area contributed by atoms with Crippen molar-refractivity contribution in [1.29, 1.82) is 0 Å². The van der Waals surface area contributed by atoms with Gasteiger partial charge in [0.15, 0.2) is 5.82 Å². The Kier molecular flexibility index (Phi) is 5.65. The zero-order valence-electron chi connectivity index (χ0n) is 17.2. The molecular weight excluding hydrogens is 497 g/mol. The first-order chi connectivity index (χ1) is 15.3. The Morgan fingerprint density at radius 2 is 1.71 bits per heavy atom. The molecule has 0 bridgehead atoms. The number of likely N-dealkylation sites (N-methyl/N-ethyl adjacent to an activating group) is 1. The molecule has 0 radical (unpaired) electrons. The molecule has 4 aromatic rings. The molecule has 1 N–H and O–H groups in total. The second-order valence-corrected chi connectivity index (χ2v) is 8.77. The van der Waals surface area contributed by atoms with Gasteiger partial charge in [-0.3, -0.25) is 9.56 Å². The lowest BCUT2D eigenvalue weighted by Gasteiger charge is -2.20. The van der Waals surface area contributed by atoms with Crippen molar-refractivity contribution in [2.75, 3.05) is 13.6 Å². The summed E-state index contributed by atoms with van der Waals surface area (Å²) in [4.78, 5) is 4.98. The third-order valence-corrected chi connectivity index (χ3v) is 6.23. The Morgan fingerprint density at radius 3 is 2.45 bits per heavy atom. The molecule has 1 atom stereocenters.